The molecule has 0 aromatic heterocycles. The molecule has 0 N–H and O–H groups in total. The Kier molecular flexibility index (Phi) is 9.07. The van der Waals surface area contributed by atoms with Gasteiger partial charge in [0.05, 0.1) is 19.8 Å². The Balaban J connectivity index is 1.39. The van der Waals surface area contributed by atoms with Crippen molar-refractivity contribution < 1.29 is 31.8 Å². The topological polar surface area (TPSA) is 27.7 Å². The molecule has 0 spiro atoms. The third-order valence-corrected chi connectivity index (χ3v) is 7.33. The maximum atomic E-state index is 15.1. The molecule has 1 aliphatic heterocycles. The second-order valence-electron chi connectivity index (χ2n) is 9.63. The maximum Gasteiger partial charge on any atom is 0.201 e. The smallest absolute Gasteiger partial charge is 0.201 e. The summed E-state index contributed by atoms with van der Waals surface area (Å²) in [5.74, 6) is -4.29. The minimum Gasteiger partial charge on any atom is -0.491 e. The van der Waals surface area contributed by atoms with Gasteiger partial charge in [-0.25, -0.2) is 13.2 Å². The summed E-state index contributed by atoms with van der Waals surface area (Å²) in [7, 11) is 0. The van der Waals surface area contributed by atoms with Crippen LogP contribution in [0, 0.1) is 35.1 Å². The SMILES string of the molecule is CCC/C=C/C1OCC(C2CCC(c3ccc(-c4ccc(OCC)c(F)c4F)c(F)c3F)CC2)CO1. The number of benzene rings is 2. The molecule has 3 nitrogen and oxygen atoms in total. The van der Waals surface area contributed by atoms with Crippen LogP contribution in [0.1, 0.15) is 63.9 Å². The van der Waals surface area contributed by atoms with Gasteiger partial charge in [0, 0.05) is 17.0 Å². The highest BCUT2D eigenvalue weighted by molar-refractivity contribution is 5.66. The summed E-state index contributed by atoms with van der Waals surface area (Å²) in [5, 5.41) is 0. The van der Waals surface area contributed by atoms with Gasteiger partial charge in [0.25, 0.3) is 0 Å². The van der Waals surface area contributed by atoms with Gasteiger partial charge in [-0.05, 0) is 74.6 Å². The van der Waals surface area contributed by atoms with Crippen LogP contribution in [0.2, 0.25) is 0 Å². The zero-order valence-electron chi connectivity index (χ0n) is 20.9. The van der Waals surface area contributed by atoms with Gasteiger partial charge in [-0.3, -0.25) is 0 Å². The molecule has 1 saturated carbocycles. The van der Waals surface area contributed by atoms with Crippen LogP contribution < -0.4 is 4.74 Å². The third kappa shape index (κ3) is 5.78. The predicted molar refractivity (Wildman–Crippen MR) is 131 cm³/mol. The van der Waals surface area contributed by atoms with Crippen molar-refractivity contribution in [3.8, 4) is 16.9 Å². The average molecular weight is 507 g/mol. The van der Waals surface area contributed by atoms with Crippen molar-refractivity contribution in [3.63, 3.8) is 0 Å². The molecular weight excluding hydrogens is 472 g/mol. The molecule has 2 aromatic rings. The Morgan fingerprint density at radius 3 is 2.08 bits per heavy atom. The first-order valence-electron chi connectivity index (χ1n) is 12.9. The molecule has 0 radical (unpaired) electrons. The number of allylic oxidation sites excluding steroid dienone is 1. The van der Waals surface area contributed by atoms with Crippen molar-refractivity contribution in [3.05, 3.63) is 65.2 Å². The van der Waals surface area contributed by atoms with E-state index < -0.39 is 23.3 Å². The predicted octanol–water partition coefficient (Wildman–Crippen LogP) is 7.93. The van der Waals surface area contributed by atoms with Crippen LogP contribution in [0.4, 0.5) is 17.6 Å². The van der Waals surface area contributed by atoms with Crippen LogP contribution in [0.25, 0.3) is 11.1 Å². The fourth-order valence-corrected chi connectivity index (χ4v) is 5.29. The monoisotopic (exact) mass is 506 g/mol. The molecule has 0 amide bonds. The lowest BCUT2D eigenvalue weighted by Crippen LogP contribution is -2.36. The first-order valence-corrected chi connectivity index (χ1v) is 12.9. The lowest BCUT2D eigenvalue weighted by atomic mass is 9.73. The summed E-state index contributed by atoms with van der Waals surface area (Å²) in [4.78, 5) is 0. The van der Waals surface area contributed by atoms with Gasteiger partial charge < -0.3 is 14.2 Å². The van der Waals surface area contributed by atoms with E-state index in [0.29, 0.717) is 30.6 Å². The zero-order valence-corrected chi connectivity index (χ0v) is 20.9. The van der Waals surface area contributed by atoms with E-state index in [4.69, 9.17) is 14.2 Å². The molecule has 7 heteroatoms. The van der Waals surface area contributed by atoms with Gasteiger partial charge in [0.1, 0.15) is 0 Å². The quantitative estimate of drug-likeness (QED) is 0.269. The lowest BCUT2D eigenvalue weighted by Gasteiger charge is -2.37. The Hall–Kier alpha value is -2.38. The van der Waals surface area contributed by atoms with Gasteiger partial charge in [-0.2, -0.15) is 4.39 Å². The van der Waals surface area contributed by atoms with E-state index in [0.717, 1.165) is 38.5 Å². The molecule has 36 heavy (non-hydrogen) atoms. The Labute approximate surface area is 210 Å². The largest absolute Gasteiger partial charge is 0.491 e. The number of unbranched alkanes of at least 4 members (excludes halogenated alkanes) is 1. The molecule has 196 valence electrons. The number of rotatable bonds is 8. The molecule has 2 aliphatic rings. The number of ether oxygens (including phenoxy) is 3. The van der Waals surface area contributed by atoms with Crippen LogP contribution in [-0.4, -0.2) is 26.1 Å². The molecule has 1 heterocycles. The standard InChI is InChI=1S/C29H34F4O3/c1-3-5-6-7-25-35-16-20(17-36-25)18-8-10-19(11-9-18)21-12-13-22(27(31)26(21)30)23-14-15-24(34-4-2)29(33)28(23)32/h6-7,12-15,18-20,25H,3-5,8-11,16-17H2,1-2H3/b7-6+. The second kappa shape index (κ2) is 12.2. The van der Waals surface area contributed by atoms with Gasteiger partial charge >= 0.3 is 0 Å². The molecule has 0 unspecified atom stereocenters. The normalized spacial score (nSPS) is 24.8. The molecule has 4 rings (SSSR count). The van der Waals surface area contributed by atoms with E-state index in [1.807, 2.05) is 6.08 Å². The fourth-order valence-electron chi connectivity index (χ4n) is 5.29. The molecular formula is C29H34F4O3. The van der Waals surface area contributed by atoms with Gasteiger partial charge in [0.2, 0.25) is 5.82 Å². The highest BCUT2D eigenvalue weighted by atomic mass is 19.2. The number of hydrogen-bond donors (Lipinski definition) is 0. The van der Waals surface area contributed by atoms with Crippen molar-refractivity contribution in [2.45, 2.75) is 64.6 Å². The Bertz CT molecular complexity index is 1050. The summed E-state index contributed by atoms with van der Waals surface area (Å²) in [6, 6.07) is 5.29. The zero-order chi connectivity index (χ0) is 25.7. The third-order valence-electron chi connectivity index (χ3n) is 7.33. The summed E-state index contributed by atoms with van der Waals surface area (Å²) in [6.07, 6.45) is 9.04. The maximum absolute atomic E-state index is 15.1. The van der Waals surface area contributed by atoms with Gasteiger partial charge in [0.15, 0.2) is 29.5 Å². The van der Waals surface area contributed by atoms with E-state index in [-0.39, 0.29) is 35.7 Å². The first-order chi connectivity index (χ1) is 17.4. The summed E-state index contributed by atoms with van der Waals surface area (Å²) < 4.78 is 75.8. The van der Waals surface area contributed by atoms with E-state index in [2.05, 4.69) is 13.0 Å². The van der Waals surface area contributed by atoms with Crippen molar-refractivity contribution >= 4 is 0 Å². The van der Waals surface area contributed by atoms with E-state index in [9.17, 15) is 8.78 Å². The van der Waals surface area contributed by atoms with Crippen molar-refractivity contribution in [1.82, 2.24) is 0 Å². The van der Waals surface area contributed by atoms with E-state index in [1.165, 1.54) is 24.3 Å². The van der Waals surface area contributed by atoms with Crippen LogP contribution >= 0.6 is 0 Å². The van der Waals surface area contributed by atoms with Crippen molar-refractivity contribution in [1.29, 1.82) is 0 Å². The van der Waals surface area contributed by atoms with Gasteiger partial charge in [-0.1, -0.05) is 31.6 Å². The van der Waals surface area contributed by atoms with Crippen molar-refractivity contribution in [2.75, 3.05) is 19.8 Å². The molecule has 1 saturated heterocycles. The van der Waals surface area contributed by atoms with E-state index in [1.54, 1.807) is 6.92 Å². The minimum atomic E-state index is -1.26. The van der Waals surface area contributed by atoms with Crippen LogP contribution in [0.15, 0.2) is 36.4 Å². The van der Waals surface area contributed by atoms with Crippen molar-refractivity contribution in [2.24, 2.45) is 11.8 Å². The first kappa shape index (κ1) is 26.7. The molecule has 0 atom stereocenters. The minimum absolute atomic E-state index is 0.123. The number of hydrogen-bond acceptors (Lipinski definition) is 3. The fraction of sp³-hybridized carbons (Fsp3) is 0.517. The summed E-state index contributed by atoms with van der Waals surface area (Å²) in [6.45, 7) is 5.20. The van der Waals surface area contributed by atoms with Crippen LogP contribution in [0.3, 0.4) is 0 Å². The average Bonchev–Trinajstić information content (AvgIpc) is 2.90. The highest BCUT2D eigenvalue weighted by Crippen LogP contribution is 2.42. The Morgan fingerprint density at radius 2 is 1.44 bits per heavy atom. The summed E-state index contributed by atoms with van der Waals surface area (Å²) >= 11 is 0. The summed E-state index contributed by atoms with van der Waals surface area (Å²) in [5.41, 5.74) is -0.343. The molecule has 2 aromatic carbocycles. The van der Waals surface area contributed by atoms with Gasteiger partial charge in [-0.15, -0.1) is 0 Å². The second-order valence-corrected chi connectivity index (χ2v) is 9.63. The lowest BCUT2D eigenvalue weighted by molar-refractivity contribution is -0.185. The molecule has 2 fully saturated rings. The van der Waals surface area contributed by atoms with Crippen LogP contribution in [0.5, 0.6) is 5.75 Å². The highest BCUT2D eigenvalue weighted by Gasteiger charge is 2.33. The number of halogens is 4. The Morgan fingerprint density at radius 1 is 0.806 bits per heavy atom. The van der Waals surface area contributed by atoms with Crippen LogP contribution in [-0.2, 0) is 9.47 Å². The molecule has 1 aliphatic carbocycles. The van der Waals surface area contributed by atoms with E-state index >= 15 is 8.78 Å². The molecule has 0 bridgehead atoms.